The molecule has 0 radical (unpaired) electrons. The molecule has 3 heterocycles. The highest BCUT2D eigenvalue weighted by Crippen LogP contribution is 2.24. The summed E-state index contributed by atoms with van der Waals surface area (Å²) in [5.74, 6) is 1.15. The van der Waals surface area contributed by atoms with Crippen LogP contribution in [0.4, 0.5) is 5.69 Å². The number of aryl methyl sites for hydroxylation is 2. The zero-order chi connectivity index (χ0) is 24.4. The number of amides is 2. The van der Waals surface area contributed by atoms with Crippen molar-refractivity contribution in [3.05, 3.63) is 82.7 Å². The molecule has 1 saturated heterocycles. The molecule has 2 aromatic carbocycles. The fraction of sp³-hybridized carbons (Fsp3) is 0.269. The Kier molecular flexibility index (Phi) is 6.50. The van der Waals surface area contributed by atoms with Crippen molar-refractivity contribution in [3.63, 3.8) is 0 Å². The van der Waals surface area contributed by atoms with Gasteiger partial charge in [0.15, 0.2) is 0 Å². The number of nitrogens with one attached hydrogen (secondary N) is 1. The van der Waals surface area contributed by atoms with Gasteiger partial charge in [-0.2, -0.15) is 4.98 Å². The Labute approximate surface area is 207 Å². The quantitative estimate of drug-likeness (QED) is 0.396. The van der Waals surface area contributed by atoms with Crippen LogP contribution in [0.5, 0.6) is 0 Å². The van der Waals surface area contributed by atoms with Crippen LogP contribution in [0.15, 0.2) is 59.8 Å². The van der Waals surface area contributed by atoms with Crippen molar-refractivity contribution in [2.75, 3.05) is 11.4 Å². The van der Waals surface area contributed by atoms with E-state index < -0.39 is 0 Å². The molecule has 4 aromatic rings. The number of thioether (sulfide) groups is 1. The zero-order valence-corrected chi connectivity index (χ0v) is 20.5. The number of rotatable bonds is 7. The van der Waals surface area contributed by atoms with E-state index in [9.17, 15) is 9.59 Å². The van der Waals surface area contributed by atoms with Gasteiger partial charge in [-0.15, -0.1) is 5.10 Å². The van der Waals surface area contributed by atoms with E-state index in [1.807, 2.05) is 73.3 Å². The van der Waals surface area contributed by atoms with Crippen LogP contribution >= 0.6 is 11.8 Å². The number of carbonyl (C=O) groups is 2. The topological polar surface area (TPSA) is 92.5 Å². The maximum absolute atomic E-state index is 13.0. The molecule has 0 atom stereocenters. The molecule has 9 heteroatoms. The molecule has 35 heavy (non-hydrogen) atoms. The lowest BCUT2D eigenvalue weighted by Crippen LogP contribution is -2.25. The molecule has 1 aliphatic heterocycles. The van der Waals surface area contributed by atoms with Crippen molar-refractivity contribution in [1.29, 1.82) is 0 Å². The Balaban J connectivity index is 1.25. The average molecular weight is 487 g/mol. The third-order valence-corrected chi connectivity index (χ3v) is 6.85. The van der Waals surface area contributed by atoms with Crippen LogP contribution in [0.25, 0.3) is 5.78 Å². The van der Waals surface area contributed by atoms with Crippen LogP contribution in [0.2, 0.25) is 0 Å². The first-order chi connectivity index (χ1) is 17.0. The number of hydrogen-bond donors (Lipinski definition) is 1. The molecule has 0 bridgehead atoms. The van der Waals surface area contributed by atoms with E-state index in [0.717, 1.165) is 41.2 Å². The predicted molar refractivity (Wildman–Crippen MR) is 135 cm³/mol. The Hall–Kier alpha value is -3.72. The highest BCUT2D eigenvalue weighted by atomic mass is 32.2. The molecular formula is C26H26N6O2S. The minimum absolute atomic E-state index is 0.139. The molecule has 0 aliphatic carbocycles. The van der Waals surface area contributed by atoms with E-state index in [4.69, 9.17) is 0 Å². The van der Waals surface area contributed by atoms with E-state index in [2.05, 4.69) is 20.4 Å². The lowest BCUT2D eigenvalue weighted by molar-refractivity contribution is -0.117. The van der Waals surface area contributed by atoms with Crippen molar-refractivity contribution in [3.8, 4) is 0 Å². The zero-order valence-electron chi connectivity index (χ0n) is 19.7. The van der Waals surface area contributed by atoms with Gasteiger partial charge in [0.1, 0.15) is 0 Å². The Morgan fingerprint density at radius 1 is 1.09 bits per heavy atom. The largest absolute Gasteiger partial charge is 0.348 e. The van der Waals surface area contributed by atoms with Crippen molar-refractivity contribution in [2.45, 2.75) is 44.1 Å². The molecule has 2 amide bonds. The summed E-state index contributed by atoms with van der Waals surface area (Å²) in [6.45, 7) is 5.04. The first kappa shape index (κ1) is 23.0. The predicted octanol–water partition coefficient (Wildman–Crippen LogP) is 4.09. The molecule has 8 nitrogen and oxygen atoms in total. The van der Waals surface area contributed by atoms with Gasteiger partial charge in [0.25, 0.3) is 11.7 Å². The molecule has 5 rings (SSSR count). The Morgan fingerprint density at radius 2 is 1.94 bits per heavy atom. The van der Waals surface area contributed by atoms with Crippen LogP contribution in [0, 0.1) is 13.8 Å². The van der Waals surface area contributed by atoms with E-state index in [0.29, 0.717) is 35.2 Å². The minimum Gasteiger partial charge on any atom is -0.348 e. The lowest BCUT2D eigenvalue weighted by Gasteiger charge is -2.17. The summed E-state index contributed by atoms with van der Waals surface area (Å²) < 4.78 is 1.73. The third kappa shape index (κ3) is 5.05. The van der Waals surface area contributed by atoms with E-state index in [-0.39, 0.29) is 11.8 Å². The Bertz CT molecular complexity index is 1420. The van der Waals surface area contributed by atoms with Gasteiger partial charge in [-0.1, -0.05) is 42.1 Å². The number of carbonyl (C=O) groups excluding carboxylic acids is 2. The fourth-order valence-electron chi connectivity index (χ4n) is 4.25. The van der Waals surface area contributed by atoms with Gasteiger partial charge in [-0.3, -0.25) is 9.59 Å². The normalized spacial score (nSPS) is 13.5. The summed E-state index contributed by atoms with van der Waals surface area (Å²) in [7, 11) is 0. The van der Waals surface area contributed by atoms with E-state index in [1.165, 1.54) is 11.8 Å². The summed E-state index contributed by atoms with van der Waals surface area (Å²) in [5, 5.41) is 8.18. The molecule has 0 spiro atoms. The summed E-state index contributed by atoms with van der Waals surface area (Å²) in [4.78, 5) is 35.9. The van der Waals surface area contributed by atoms with Crippen molar-refractivity contribution < 1.29 is 9.59 Å². The van der Waals surface area contributed by atoms with Crippen molar-refractivity contribution >= 4 is 35.0 Å². The Morgan fingerprint density at radius 3 is 2.77 bits per heavy atom. The maximum atomic E-state index is 13.0. The van der Waals surface area contributed by atoms with E-state index in [1.54, 1.807) is 4.52 Å². The maximum Gasteiger partial charge on any atom is 0.253 e. The van der Waals surface area contributed by atoms with Gasteiger partial charge in [-0.05, 0) is 55.7 Å². The molecular weight excluding hydrogens is 460 g/mol. The minimum atomic E-state index is -0.139. The molecule has 178 valence electrons. The lowest BCUT2D eigenvalue weighted by atomic mass is 10.1. The van der Waals surface area contributed by atoms with Crippen LogP contribution in [0.1, 0.15) is 45.7 Å². The molecule has 1 N–H and O–H groups in total. The first-order valence-corrected chi connectivity index (χ1v) is 12.6. The molecule has 0 unspecified atom stereocenters. The van der Waals surface area contributed by atoms with Gasteiger partial charge < -0.3 is 10.2 Å². The summed E-state index contributed by atoms with van der Waals surface area (Å²) in [5.41, 5.74) is 5.25. The second-order valence-corrected chi connectivity index (χ2v) is 9.53. The fourth-order valence-corrected chi connectivity index (χ4v) is 5.07. The summed E-state index contributed by atoms with van der Waals surface area (Å²) in [6.07, 6.45) is 1.48. The summed E-state index contributed by atoms with van der Waals surface area (Å²) in [6, 6.07) is 17.3. The first-order valence-electron chi connectivity index (χ1n) is 11.6. The molecule has 2 aromatic heterocycles. The van der Waals surface area contributed by atoms with Crippen molar-refractivity contribution in [1.82, 2.24) is 24.9 Å². The number of hydrogen-bond acceptors (Lipinski definition) is 6. The molecule has 1 aliphatic rings. The highest BCUT2D eigenvalue weighted by Gasteiger charge is 2.21. The number of anilines is 1. The van der Waals surface area contributed by atoms with Crippen LogP contribution < -0.4 is 10.2 Å². The van der Waals surface area contributed by atoms with Crippen LogP contribution in [-0.4, -0.2) is 37.9 Å². The van der Waals surface area contributed by atoms with Crippen LogP contribution in [0.3, 0.4) is 0 Å². The number of fused-ring (bicyclic) bond motifs is 1. The molecule has 0 saturated carbocycles. The van der Waals surface area contributed by atoms with Crippen molar-refractivity contribution in [2.24, 2.45) is 0 Å². The number of aromatic nitrogens is 4. The average Bonchev–Trinajstić information content (AvgIpc) is 3.47. The van der Waals surface area contributed by atoms with E-state index >= 15 is 0 Å². The number of benzene rings is 2. The smallest absolute Gasteiger partial charge is 0.253 e. The van der Waals surface area contributed by atoms with Gasteiger partial charge in [0.2, 0.25) is 11.1 Å². The molecule has 1 fully saturated rings. The third-order valence-electron chi connectivity index (χ3n) is 5.97. The van der Waals surface area contributed by atoms with Crippen LogP contribution in [-0.2, 0) is 17.1 Å². The summed E-state index contributed by atoms with van der Waals surface area (Å²) >= 11 is 1.48. The second kappa shape index (κ2) is 9.87. The van der Waals surface area contributed by atoms with Gasteiger partial charge in [-0.25, -0.2) is 9.50 Å². The van der Waals surface area contributed by atoms with Gasteiger partial charge >= 0.3 is 0 Å². The monoisotopic (exact) mass is 486 g/mol. The standard InChI is InChI=1S/C26H26N6O2S/c1-17-13-18(2)32-25(28-17)29-26(30-32)35-16-20-8-3-4-10-22(20)24(34)27-15-19-7-5-9-21(14-19)31-12-6-11-23(31)33/h3-5,7-10,13-14H,6,11-12,15-16H2,1-2H3,(H,27,34). The highest BCUT2D eigenvalue weighted by molar-refractivity contribution is 7.98. The second-order valence-electron chi connectivity index (χ2n) is 8.59. The van der Waals surface area contributed by atoms with Gasteiger partial charge in [0.05, 0.1) is 0 Å². The number of nitrogens with zero attached hydrogens (tertiary/aromatic N) is 5. The SMILES string of the molecule is Cc1cc(C)n2nc(SCc3ccccc3C(=O)NCc3cccc(N4CCCC4=O)c3)nc2n1. The van der Waals surface area contributed by atoms with Gasteiger partial charge in [0, 0.05) is 47.9 Å².